The maximum atomic E-state index is 11.4. The number of carbonyl (C=O) groups is 3. The second kappa shape index (κ2) is 23.7. The van der Waals surface area contributed by atoms with Gasteiger partial charge in [-0.1, -0.05) is 80.4 Å². The lowest BCUT2D eigenvalue weighted by atomic mass is 9.87. The molecule has 3 aromatic carbocycles. The number of piperidine rings is 1. The highest BCUT2D eigenvalue weighted by Crippen LogP contribution is 2.41. The van der Waals surface area contributed by atoms with Crippen molar-refractivity contribution in [1.29, 1.82) is 0 Å². The van der Waals surface area contributed by atoms with Gasteiger partial charge in [0, 0.05) is 93.4 Å². The van der Waals surface area contributed by atoms with Crippen molar-refractivity contribution < 1.29 is 19.5 Å². The van der Waals surface area contributed by atoms with Crippen LogP contribution in [0.3, 0.4) is 0 Å². The zero-order valence-electron chi connectivity index (χ0n) is 42.1. The molecule has 2 saturated heterocycles. The average molecular weight is 1010 g/mol. The number of nitrogens with one attached hydrogen (secondary N) is 3. The first kappa shape index (κ1) is 51.5. The van der Waals surface area contributed by atoms with Crippen LogP contribution in [0.5, 0.6) is 0 Å². The van der Waals surface area contributed by atoms with Gasteiger partial charge in [0.2, 0.25) is 0 Å². The highest BCUT2D eigenvalue weighted by Gasteiger charge is 2.42. The van der Waals surface area contributed by atoms with Crippen LogP contribution >= 0.6 is 23.2 Å². The van der Waals surface area contributed by atoms with Crippen LogP contribution in [0.2, 0.25) is 10.0 Å². The number of carboxylic acids is 1. The summed E-state index contributed by atoms with van der Waals surface area (Å²) in [4.78, 5) is 49.1. The molecule has 3 aromatic heterocycles. The van der Waals surface area contributed by atoms with Gasteiger partial charge in [0.15, 0.2) is 0 Å². The second-order valence-electron chi connectivity index (χ2n) is 21.9. The Kier molecular flexibility index (Phi) is 16.9. The summed E-state index contributed by atoms with van der Waals surface area (Å²) in [5.74, 6) is 4.20. The molecule has 2 atom stereocenters. The maximum absolute atomic E-state index is 11.4. The Morgan fingerprint density at radius 3 is 1.54 bits per heavy atom. The number of aldehydes is 2. The topological polar surface area (TPSA) is 149 Å². The number of carboxylic acid groups (broad SMARTS) is 1. The van der Waals surface area contributed by atoms with E-state index in [1.807, 2.05) is 42.7 Å². The van der Waals surface area contributed by atoms with Crippen LogP contribution in [-0.2, 0) is 11.3 Å². The lowest BCUT2D eigenvalue weighted by molar-refractivity contribution is -0.144. The van der Waals surface area contributed by atoms with Gasteiger partial charge in [0.05, 0.1) is 16.0 Å². The van der Waals surface area contributed by atoms with Crippen molar-refractivity contribution in [2.24, 2.45) is 23.7 Å². The fourth-order valence-corrected chi connectivity index (χ4v) is 12.4. The molecule has 5 fully saturated rings. The molecule has 0 radical (unpaired) electrons. The van der Waals surface area contributed by atoms with Gasteiger partial charge in [-0.2, -0.15) is 0 Å². The van der Waals surface area contributed by atoms with Gasteiger partial charge in [-0.3, -0.25) is 19.3 Å². The second-order valence-corrected chi connectivity index (χ2v) is 22.6. The molecular formula is C59H71Cl2N7O4. The van der Waals surface area contributed by atoms with Crippen LogP contribution in [0.15, 0.2) is 79.3 Å². The van der Waals surface area contributed by atoms with Crippen molar-refractivity contribution in [3.05, 3.63) is 106 Å². The Morgan fingerprint density at radius 2 is 1.03 bits per heavy atom. The fraction of sp³-hybridized carbons (Fsp3) is 0.492. The monoisotopic (exact) mass is 1010 g/mol. The number of hydrogen-bond acceptors (Lipinski definition) is 10. The van der Waals surface area contributed by atoms with Crippen LogP contribution in [0.25, 0.3) is 32.3 Å². The third-order valence-corrected chi connectivity index (χ3v) is 17.2. The zero-order chi connectivity index (χ0) is 50.3. The fourth-order valence-electron chi connectivity index (χ4n) is 11.9. The highest BCUT2D eigenvalue weighted by molar-refractivity contribution is 6.38. The van der Waals surface area contributed by atoms with Crippen molar-refractivity contribution in [2.45, 2.75) is 160 Å². The summed E-state index contributed by atoms with van der Waals surface area (Å²) in [6.45, 7) is 7.83. The summed E-state index contributed by atoms with van der Waals surface area (Å²) in [6.07, 6.45) is 25.8. The van der Waals surface area contributed by atoms with Gasteiger partial charge >= 0.3 is 5.97 Å². The molecule has 2 unspecified atom stereocenters. The van der Waals surface area contributed by atoms with Gasteiger partial charge in [0.1, 0.15) is 30.0 Å². The number of carbonyl (C=O) groups excluding carboxylic acids is 2. The quantitative estimate of drug-likeness (QED) is 0.0919. The molecule has 5 heterocycles. The third kappa shape index (κ3) is 12.7. The van der Waals surface area contributed by atoms with Gasteiger partial charge < -0.3 is 21.1 Å². The van der Waals surface area contributed by atoms with Crippen LogP contribution in [0.4, 0.5) is 17.5 Å². The summed E-state index contributed by atoms with van der Waals surface area (Å²) in [7, 11) is 0. The molecule has 380 valence electrons. The SMILES string of the molecule is CC1CCC(Nc2cc3ccc(C=O)cc3cn2)CC1.CC1CCC(Nc2ncc3cc(C=O)ccc3c2Cl)CC1.CC1CCC(Nc2ncc3cc(CN4C5CCC4CC(C(=O)O)C5)ccc3c2Cl)CC1. The van der Waals surface area contributed by atoms with Gasteiger partial charge in [-0.05, 0) is 156 Å². The van der Waals surface area contributed by atoms with E-state index in [1.165, 1.54) is 82.6 Å². The van der Waals surface area contributed by atoms with Crippen molar-refractivity contribution >= 4 is 91.5 Å². The molecule has 3 aliphatic carbocycles. The molecular weight excluding hydrogens is 942 g/mol. The molecule has 0 amide bonds. The number of fused-ring (bicyclic) bond motifs is 5. The molecule has 5 aliphatic rings. The number of pyridine rings is 3. The molecule has 2 bridgehead atoms. The molecule has 4 N–H and O–H groups in total. The van der Waals surface area contributed by atoms with Crippen LogP contribution in [0.1, 0.15) is 150 Å². The lowest BCUT2D eigenvalue weighted by Crippen LogP contribution is -2.44. The van der Waals surface area contributed by atoms with E-state index in [1.54, 1.807) is 12.3 Å². The minimum Gasteiger partial charge on any atom is -0.481 e. The Morgan fingerprint density at radius 1 is 0.569 bits per heavy atom. The third-order valence-electron chi connectivity index (χ3n) is 16.4. The van der Waals surface area contributed by atoms with Crippen LogP contribution in [0, 0.1) is 23.7 Å². The molecule has 0 spiro atoms. The summed E-state index contributed by atoms with van der Waals surface area (Å²) < 4.78 is 0. The largest absolute Gasteiger partial charge is 0.481 e. The molecule has 72 heavy (non-hydrogen) atoms. The van der Waals surface area contributed by atoms with E-state index < -0.39 is 5.97 Å². The van der Waals surface area contributed by atoms with Crippen molar-refractivity contribution in [3.8, 4) is 0 Å². The van der Waals surface area contributed by atoms with E-state index in [9.17, 15) is 19.5 Å². The highest BCUT2D eigenvalue weighted by atomic mass is 35.5. The van der Waals surface area contributed by atoms with E-state index in [4.69, 9.17) is 23.2 Å². The molecule has 11 nitrogen and oxygen atoms in total. The van der Waals surface area contributed by atoms with Crippen molar-refractivity contribution in [2.75, 3.05) is 16.0 Å². The minimum absolute atomic E-state index is 0.174. The Bertz CT molecular complexity index is 2840. The summed E-state index contributed by atoms with van der Waals surface area (Å²) >= 11 is 13.2. The minimum atomic E-state index is -0.630. The summed E-state index contributed by atoms with van der Waals surface area (Å²) in [5, 5.41) is 27.4. The van der Waals surface area contributed by atoms with E-state index in [2.05, 4.69) is 80.8 Å². The van der Waals surface area contributed by atoms with Gasteiger partial charge in [-0.15, -0.1) is 0 Å². The van der Waals surface area contributed by atoms with E-state index in [-0.39, 0.29) is 5.92 Å². The zero-order valence-corrected chi connectivity index (χ0v) is 43.6. The number of benzene rings is 3. The number of anilines is 3. The van der Waals surface area contributed by atoms with Crippen molar-refractivity contribution in [1.82, 2.24) is 19.9 Å². The number of halogens is 2. The predicted molar refractivity (Wildman–Crippen MR) is 294 cm³/mol. The molecule has 2 aliphatic heterocycles. The Hall–Kier alpha value is -5.36. The van der Waals surface area contributed by atoms with Crippen molar-refractivity contribution in [3.63, 3.8) is 0 Å². The molecule has 11 rings (SSSR count). The smallest absolute Gasteiger partial charge is 0.306 e. The first-order valence-corrected chi connectivity index (χ1v) is 27.4. The number of nitrogens with zero attached hydrogens (tertiary/aromatic N) is 4. The first-order chi connectivity index (χ1) is 34.9. The number of hydrogen-bond donors (Lipinski definition) is 4. The van der Waals surface area contributed by atoms with Crippen LogP contribution in [-0.4, -0.2) is 73.7 Å². The molecule has 3 saturated carbocycles. The summed E-state index contributed by atoms with van der Waals surface area (Å²) in [5.41, 5.74) is 2.58. The lowest BCUT2D eigenvalue weighted by Gasteiger charge is -2.37. The van der Waals surface area contributed by atoms with E-state index in [0.29, 0.717) is 51.4 Å². The van der Waals surface area contributed by atoms with Gasteiger partial charge in [-0.25, -0.2) is 15.0 Å². The maximum Gasteiger partial charge on any atom is 0.306 e. The standard InChI is InChI=1S/C25H32ClN3O2.C17H19ClN2O.C17H20N2O/c1-15-2-5-19(6-3-15)28-24-23(26)22-9-4-16(10-18(22)13-27-24)14-29-20-7-8-21(29)12-17(11-20)25(30)31;1-11-2-5-14(6-3-11)20-17-16(18)15-7-4-12(10-21)8-13(15)9-19-17;1-12-2-6-16(7-3-12)19-17-9-14-5-4-13(11-20)8-15(14)10-18-17/h4,9-10,13,15,17,19-21H,2-3,5-8,11-12,14H2,1H3,(H,27,28)(H,30,31);4,7-11,14H,2-3,5-6H2,1H3,(H,19,20);4-5,8-12,16H,2-3,6-7H2,1H3,(H,18,19). The number of rotatable bonds is 11. The van der Waals surface area contributed by atoms with E-state index >= 15 is 0 Å². The Labute approximate surface area is 434 Å². The number of aliphatic carboxylic acids is 1. The predicted octanol–water partition coefficient (Wildman–Crippen LogP) is 14.4. The normalized spacial score (nSPS) is 26.2. The van der Waals surface area contributed by atoms with E-state index in [0.717, 1.165) is 112 Å². The molecule has 13 heteroatoms. The molecule has 6 aromatic rings. The Balaban J connectivity index is 0.000000138. The summed E-state index contributed by atoms with van der Waals surface area (Å²) in [6, 6.07) is 22.0. The van der Waals surface area contributed by atoms with Gasteiger partial charge in [0.25, 0.3) is 0 Å². The first-order valence-electron chi connectivity index (χ1n) is 26.6. The number of aromatic nitrogens is 3. The average Bonchev–Trinajstić information content (AvgIpc) is 3.60. The van der Waals surface area contributed by atoms with Crippen LogP contribution < -0.4 is 16.0 Å².